The summed E-state index contributed by atoms with van der Waals surface area (Å²) in [4.78, 5) is 27.7. The van der Waals surface area contributed by atoms with Crippen molar-refractivity contribution in [1.82, 2.24) is 10.2 Å². The molecule has 32 heavy (non-hydrogen) atoms. The van der Waals surface area contributed by atoms with Crippen molar-refractivity contribution in [3.05, 3.63) is 63.1 Å². The lowest BCUT2D eigenvalue weighted by Crippen LogP contribution is -2.50. The zero-order valence-corrected chi connectivity index (χ0v) is 20.9. The first-order valence-electron chi connectivity index (χ1n) is 10.8. The van der Waals surface area contributed by atoms with E-state index in [2.05, 4.69) is 5.32 Å². The number of rotatable bonds is 10. The molecule has 0 aliphatic carbocycles. The van der Waals surface area contributed by atoms with E-state index in [0.717, 1.165) is 11.1 Å². The molecule has 0 heterocycles. The molecule has 2 amide bonds. The van der Waals surface area contributed by atoms with Gasteiger partial charge in [0.05, 0.1) is 0 Å². The van der Waals surface area contributed by atoms with Crippen LogP contribution in [0.25, 0.3) is 0 Å². The van der Waals surface area contributed by atoms with Gasteiger partial charge in [-0.3, -0.25) is 9.59 Å². The third-order valence-electron chi connectivity index (χ3n) is 5.30. The Kier molecular flexibility index (Phi) is 9.85. The first-order chi connectivity index (χ1) is 15.1. The first-order valence-corrected chi connectivity index (χ1v) is 11.6. The van der Waals surface area contributed by atoms with E-state index in [-0.39, 0.29) is 25.0 Å². The van der Waals surface area contributed by atoms with Crippen molar-refractivity contribution in [3.63, 3.8) is 0 Å². The highest BCUT2D eigenvalue weighted by Crippen LogP contribution is 2.27. The Hall–Kier alpha value is -2.24. The largest absolute Gasteiger partial charge is 0.484 e. The molecule has 174 valence electrons. The number of carbonyl (C=O) groups excluding carboxylic acids is 2. The van der Waals surface area contributed by atoms with Crippen LogP contribution in [0.15, 0.2) is 36.4 Å². The highest BCUT2D eigenvalue weighted by atomic mass is 35.5. The molecule has 0 bridgehead atoms. The molecule has 1 atom stereocenters. The second kappa shape index (κ2) is 12.1. The first kappa shape index (κ1) is 26.0. The Labute approximate surface area is 201 Å². The number of hydrogen-bond donors (Lipinski definition) is 1. The minimum atomic E-state index is -0.669. The zero-order valence-electron chi connectivity index (χ0n) is 19.4. The van der Waals surface area contributed by atoms with Crippen molar-refractivity contribution >= 4 is 35.0 Å². The molecule has 0 fully saturated rings. The number of ether oxygens (including phenoxy) is 1. The van der Waals surface area contributed by atoms with Crippen molar-refractivity contribution in [1.29, 1.82) is 0 Å². The number of amides is 2. The van der Waals surface area contributed by atoms with Gasteiger partial charge in [-0.05, 0) is 61.6 Å². The SMILES string of the molecule is CCC(C(=O)NCC(C)C)N(Cc1c(Cl)cccc1Cl)C(=O)COc1ccc(C)c(C)c1. The fourth-order valence-electron chi connectivity index (χ4n) is 3.23. The summed E-state index contributed by atoms with van der Waals surface area (Å²) >= 11 is 12.7. The maximum atomic E-state index is 13.3. The van der Waals surface area contributed by atoms with Crippen LogP contribution in [0.4, 0.5) is 0 Å². The van der Waals surface area contributed by atoms with Crippen LogP contribution in [0.2, 0.25) is 10.0 Å². The van der Waals surface area contributed by atoms with Crippen LogP contribution >= 0.6 is 23.2 Å². The van der Waals surface area contributed by atoms with E-state index in [4.69, 9.17) is 27.9 Å². The summed E-state index contributed by atoms with van der Waals surface area (Å²) in [6.07, 6.45) is 0.446. The van der Waals surface area contributed by atoms with Gasteiger partial charge in [-0.15, -0.1) is 0 Å². The van der Waals surface area contributed by atoms with Gasteiger partial charge >= 0.3 is 0 Å². The van der Waals surface area contributed by atoms with Crippen molar-refractivity contribution in [2.45, 2.75) is 53.6 Å². The average molecular weight is 479 g/mol. The quantitative estimate of drug-likeness (QED) is 0.485. The molecule has 0 aliphatic rings. The molecule has 2 aromatic carbocycles. The number of nitrogens with zero attached hydrogens (tertiary/aromatic N) is 1. The molecule has 1 N–H and O–H groups in total. The van der Waals surface area contributed by atoms with E-state index in [1.54, 1.807) is 18.2 Å². The molecule has 5 nitrogen and oxygen atoms in total. The summed E-state index contributed by atoms with van der Waals surface area (Å²) in [5.41, 5.74) is 2.83. The lowest BCUT2D eigenvalue weighted by atomic mass is 10.1. The predicted octanol–water partition coefficient (Wildman–Crippen LogP) is 5.57. The number of nitrogens with one attached hydrogen (secondary N) is 1. The van der Waals surface area contributed by atoms with E-state index in [1.165, 1.54) is 4.90 Å². The molecule has 0 aromatic heterocycles. The van der Waals surface area contributed by atoms with Gasteiger partial charge in [0.15, 0.2) is 6.61 Å². The van der Waals surface area contributed by atoms with Gasteiger partial charge in [-0.1, -0.05) is 56.1 Å². The minimum Gasteiger partial charge on any atom is -0.484 e. The summed E-state index contributed by atoms with van der Waals surface area (Å²) in [5, 5.41) is 3.83. The fraction of sp³-hybridized carbons (Fsp3) is 0.440. The van der Waals surface area contributed by atoms with Gasteiger partial charge in [0.25, 0.3) is 5.91 Å². The summed E-state index contributed by atoms with van der Waals surface area (Å²) in [6, 6.07) is 10.2. The second-order valence-corrected chi connectivity index (χ2v) is 9.13. The van der Waals surface area contributed by atoms with E-state index in [9.17, 15) is 9.59 Å². The van der Waals surface area contributed by atoms with Crippen LogP contribution in [0.5, 0.6) is 5.75 Å². The maximum Gasteiger partial charge on any atom is 0.261 e. The lowest BCUT2D eigenvalue weighted by molar-refractivity contribution is -0.143. The Morgan fingerprint density at radius 2 is 1.72 bits per heavy atom. The maximum absolute atomic E-state index is 13.3. The Morgan fingerprint density at radius 1 is 1.06 bits per heavy atom. The highest BCUT2D eigenvalue weighted by Gasteiger charge is 2.30. The molecule has 1 unspecified atom stereocenters. The summed E-state index contributed by atoms with van der Waals surface area (Å²) in [7, 11) is 0. The van der Waals surface area contributed by atoms with E-state index in [0.29, 0.717) is 40.2 Å². The van der Waals surface area contributed by atoms with Crippen molar-refractivity contribution in [3.8, 4) is 5.75 Å². The Balaban J connectivity index is 2.27. The van der Waals surface area contributed by atoms with Crippen LogP contribution in [0, 0.1) is 19.8 Å². The number of aryl methyl sites for hydroxylation is 2. The summed E-state index contributed by atoms with van der Waals surface area (Å²) < 4.78 is 5.77. The molecule has 7 heteroatoms. The predicted molar refractivity (Wildman–Crippen MR) is 130 cm³/mol. The van der Waals surface area contributed by atoms with Gasteiger partial charge in [-0.25, -0.2) is 0 Å². The third-order valence-corrected chi connectivity index (χ3v) is 6.01. The smallest absolute Gasteiger partial charge is 0.261 e. The van der Waals surface area contributed by atoms with Crippen LogP contribution in [-0.4, -0.2) is 35.9 Å². The van der Waals surface area contributed by atoms with E-state index in [1.807, 2.05) is 52.8 Å². The van der Waals surface area contributed by atoms with Crippen molar-refractivity contribution in [2.24, 2.45) is 5.92 Å². The number of benzene rings is 2. The molecule has 0 spiro atoms. The normalized spacial score (nSPS) is 11.9. The van der Waals surface area contributed by atoms with Crippen LogP contribution < -0.4 is 10.1 Å². The van der Waals surface area contributed by atoms with Crippen molar-refractivity contribution in [2.75, 3.05) is 13.2 Å². The van der Waals surface area contributed by atoms with Crippen LogP contribution in [-0.2, 0) is 16.1 Å². The lowest BCUT2D eigenvalue weighted by Gasteiger charge is -2.31. The molecular weight excluding hydrogens is 447 g/mol. The minimum absolute atomic E-state index is 0.112. The van der Waals surface area contributed by atoms with E-state index < -0.39 is 6.04 Å². The standard InChI is InChI=1S/C25H32Cl2N2O3/c1-6-23(25(31)28-13-16(2)3)29(14-20-21(26)8-7-9-22(20)27)24(30)15-32-19-11-10-17(4)18(5)12-19/h7-12,16,23H,6,13-15H2,1-5H3,(H,28,31). The second-order valence-electron chi connectivity index (χ2n) is 8.32. The highest BCUT2D eigenvalue weighted by molar-refractivity contribution is 6.36. The summed E-state index contributed by atoms with van der Waals surface area (Å²) in [6.45, 7) is 10.4. The topological polar surface area (TPSA) is 58.6 Å². The van der Waals surface area contributed by atoms with Crippen LogP contribution in [0.3, 0.4) is 0 Å². The van der Waals surface area contributed by atoms with Gasteiger partial charge in [0.1, 0.15) is 11.8 Å². The van der Waals surface area contributed by atoms with Crippen LogP contribution in [0.1, 0.15) is 43.9 Å². The Bertz CT molecular complexity index is 927. The molecule has 0 radical (unpaired) electrons. The molecule has 2 rings (SSSR count). The third kappa shape index (κ3) is 7.14. The van der Waals surface area contributed by atoms with Gasteiger partial charge in [0, 0.05) is 28.7 Å². The summed E-state index contributed by atoms with van der Waals surface area (Å²) in [5.74, 6) is 0.385. The van der Waals surface area contributed by atoms with Crippen molar-refractivity contribution < 1.29 is 14.3 Å². The van der Waals surface area contributed by atoms with Gasteiger partial charge in [-0.2, -0.15) is 0 Å². The number of hydrogen-bond acceptors (Lipinski definition) is 3. The molecule has 0 saturated heterocycles. The molecular formula is C25H32Cl2N2O3. The number of halogens is 2. The number of carbonyl (C=O) groups is 2. The zero-order chi connectivity index (χ0) is 23.8. The molecule has 0 aliphatic heterocycles. The molecule has 2 aromatic rings. The van der Waals surface area contributed by atoms with Gasteiger partial charge < -0.3 is 15.0 Å². The van der Waals surface area contributed by atoms with Gasteiger partial charge in [0.2, 0.25) is 5.91 Å². The van der Waals surface area contributed by atoms with E-state index >= 15 is 0 Å². The molecule has 0 saturated carbocycles. The fourth-order valence-corrected chi connectivity index (χ4v) is 3.74. The monoisotopic (exact) mass is 478 g/mol. The Morgan fingerprint density at radius 3 is 2.28 bits per heavy atom. The average Bonchev–Trinajstić information content (AvgIpc) is 2.74.